The molecule has 4 aromatic rings. The number of para-hydroxylation sites is 1. The molecule has 0 aliphatic heterocycles. The first-order valence-corrected chi connectivity index (χ1v) is 10.2. The fraction of sp³-hybridized carbons (Fsp3) is 0.182. The van der Waals surface area contributed by atoms with Crippen molar-refractivity contribution in [3.05, 3.63) is 59.5 Å². The van der Waals surface area contributed by atoms with E-state index in [0.717, 1.165) is 11.1 Å². The van der Waals surface area contributed by atoms with Gasteiger partial charge in [0, 0.05) is 16.3 Å². The van der Waals surface area contributed by atoms with Crippen molar-refractivity contribution in [2.75, 3.05) is 18.5 Å². The maximum atomic E-state index is 12.5. The summed E-state index contributed by atoms with van der Waals surface area (Å²) in [5.41, 5.74) is 1.89. The topological polar surface area (TPSA) is 73.6 Å². The molecule has 1 amide bonds. The van der Waals surface area contributed by atoms with E-state index in [0.29, 0.717) is 46.7 Å². The molecule has 0 radical (unpaired) electrons. The highest BCUT2D eigenvalue weighted by atomic mass is 32.1. The average molecular weight is 408 g/mol. The molecule has 0 atom stereocenters. The van der Waals surface area contributed by atoms with Crippen LogP contribution in [-0.2, 0) is 0 Å². The molecule has 0 fully saturated rings. The second-order valence-corrected chi connectivity index (χ2v) is 7.03. The molecule has 0 aliphatic rings. The second-order valence-electron chi connectivity index (χ2n) is 6.17. The first-order chi connectivity index (χ1) is 14.2. The van der Waals surface area contributed by atoms with Gasteiger partial charge in [-0.2, -0.15) is 0 Å². The fourth-order valence-corrected chi connectivity index (χ4v) is 3.61. The number of hydrogen-bond donors (Lipinski definition) is 1. The molecule has 0 bridgehead atoms. The first kappa shape index (κ1) is 19.0. The van der Waals surface area contributed by atoms with Crippen LogP contribution in [0.15, 0.2) is 58.3 Å². The summed E-state index contributed by atoms with van der Waals surface area (Å²) in [5, 5.41) is 6.13. The third kappa shape index (κ3) is 4.09. The largest absolute Gasteiger partial charge is 0.494 e. The van der Waals surface area contributed by atoms with E-state index in [1.165, 1.54) is 11.3 Å². The zero-order valence-electron chi connectivity index (χ0n) is 16.1. The molecule has 2 heterocycles. The number of aromatic nitrogens is 1. The normalized spacial score (nSPS) is 10.8. The molecule has 0 spiro atoms. The lowest BCUT2D eigenvalue weighted by Gasteiger charge is -2.04. The number of nitrogens with one attached hydrogen (secondary N) is 1. The summed E-state index contributed by atoms with van der Waals surface area (Å²) >= 11 is 1.34. The van der Waals surface area contributed by atoms with E-state index in [9.17, 15) is 4.79 Å². The monoisotopic (exact) mass is 408 g/mol. The van der Waals surface area contributed by atoms with Crippen LogP contribution in [0, 0.1) is 0 Å². The molecule has 0 saturated heterocycles. The van der Waals surface area contributed by atoms with E-state index in [1.54, 1.807) is 24.3 Å². The van der Waals surface area contributed by atoms with Gasteiger partial charge < -0.3 is 13.9 Å². The lowest BCUT2D eigenvalue weighted by atomic mass is 10.2. The second kappa shape index (κ2) is 8.36. The van der Waals surface area contributed by atoms with Crippen molar-refractivity contribution in [1.29, 1.82) is 0 Å². The minimum absolute atomic E-state index is 0.225. The van der Waals surface area contributed by atoms with Gasteiger partial charge in [0.1, 0.15) is 11.4 Å². The predicted octanol–water partition coefficient (Wildman–Crippen LogP) is 5.61. The zero-order chi connectivity index (χ0) is 20.2. The molecule has 2 aromatic heterocycles. The highest BCUT2D eigenvalue weighted by Gasteiger charge is 2.15. The number of benzene rings is 2. The number of amides is 1. The number of furan rings is 1. The van der Waals surface area contributed by atoms with E-state index >= 15 is 0 Å². The maximum absolute atomic E-state index is 12.5. The Morgan fingerprint density at radius 1 is 1.10 bits per heavy atom. The summed E-state index contributed by atoms with van der Waals surface area (Å²) in [4.78, 5) is 17.0. The van der Waals surface area contributed by atoms with Gasteiger partial charge in [0.2, 0.25) is 0 Å². The van der Waals surface area contributed by atoms with Gasteiger partial charge in [-0.3, -0.25) is 10.1 Å². The van der Waals surface area contributed by atoms with Gasteiger partial charge in [0.25, 0.3) is 5.91 Å². The summed E-state index contributed by atoms with van der Waals surface area (Å²) in [7, 11) is 0. The molecule has 148 valence electrons. The average Bonchev–Trinajstić information content (AvgIpc) is 3.36. The lowest BCUT2D eigenvalue weighted by Crippen LogP contribution is -2.11. The first-order valence-electron chi connectivity index (χ1n) is 9.33. The minimum Gasteiger partial charge on any atom is -0.494 e. The molecule has 2 aromatic carbocycles. The van der Waals surface area contributed by atoms with Gasteiger partial charge in [-0.1, -0.05) is 12.1 Å². The van der Waals surface area contributed by atoms with Crippen LogP contribution < -0.4 is 14.8 Å². The van der Waals surface area contributed by atoms with Gasteiger partial charge in [-0.05, 0) is 50.2 Å². The molecule has 6 nitrogen and oxygen atoms in total. The van der Waals surface area contributed by atoms with E-state index < -0.39 is 0 Å². The molecule has 29 heavy (non-hydrogen) atoms. The number of fused-ring (bicyclic) bond motifs is 1. The number of hydrogen-bond acceptors (Lipinski definition) is 6. The molecular weight excluding hydrogens is 388 g/mol. The summed E-state index contributed by atoms with van der Waals surface area (Å²) in [6.45, 7) is 5.00. The molecule has 1 N–H and O–H groups in total. The van der Waals surface area contributed by atoms with E-state index in [-0.39, 0.29) is 5.91 Å². The summed E-state index contributed by atoms with van der Waals surface area (Å²) in [6.07, 6.45) is 0. The predicted molar refractivity (Wildman–Crippen MR) is 114 cm³/mol. The summed E-state index contributed by atoms with van der Waals surface area (Å²) in [5.74, 6) is 1.84. The van der Waals surface area contributed by atoms with Gasteiger partial charge in [-0.15, -0.1) is 11.3 Å². The van der Waals surface area contributed by atoms with E-state index in [2.05, 4.69) is 10.3 Å². The van der Waals surface area contributed by atoms with E-state index in [4.69, 9.17) is 13.9 Å². The quantitative estimate of drug-likeness (QED) is 0.430. The number of nitrogens with zero attached hydrogens (tertiary/aromatic N) is 1. The number of ether oxygens (including phenoxy) is 2. The molecule has 0 unspecified atom stereocenters. The standard InChI is InChI=1S/C22H20N2O4S/c1-3-26-16-10-8-14(9-11-16)21(25)24-22-23-17(13-29-22)19-12-15-6-5-7-18(27-4-2)20(15)28-19/h5-13H,3-4H2,1-2H3,(H,23,24,25). The van der Waals surface area contributed by atoms with Crippen molar-refractivity contribution in [1.82, 2.24) is 4.98 Å². The molecule has 0 saturated carbocycles. The Morgan fingerprint density at radius 2 is 1.90 bits per heavy atom. The third-order valence-corrected chi connectivity index (χ3v) is 4.97. The Kier molecular flexibility index (Phi) is 5.48. The van der Waals surface area contributed by atoms with Crippen molar-refractivity contribution < 1.29 is 18.7 Å². The maximum Gasteiger partial charge on any atom is 0.257 e. The lowest BCUT2D eigenvalue weighted by molar-refractivity contribution is 0.102. The number of thiazole rings is 1. The highest BCUT2D eigenvalue weighted by molar-refractivity contribution is 7.14. The van der Waals surface area contributed by atoms with Crippen LogP contribution in [0.2, 0.25) is 0 Å². The van der Waals surface area contributed by atoms with Gasteiger partial charge in [0.05, 0.1) is 13.2 Å². The van der Waals surface area contributed by atoms with Crippen LogP contribution in [0.1, 0.15) is 24.2 Å². The number of carbonyl (C=O) groups is 1. The Labute approximate surface area is 172 Å². The smallest absolute Gasteiger partial charge is 0.257 e. The van der Waals surface area contributed by atoms with Crippen molar-refractivity contribution in [3.63, 3.8) is 0 Å². The van der Waals surface area contributed by atoms with Crippen LogP contribution in [0.3, 0.4) is 0 Å². The van der Waals surface area contributed by atoms with Crippen LogP contribution in [0.25, 0.3) is 22.4 Å². The van der Waals surface area contributed by atoms with Crippen LogP contribution >= 0.6 is 11.3 Å². The van der Waals surface area contributed by atoms with Crippen molar-refractivity contribution >= 4 is 33.3 Å². The zero-order valence-corrected chi connectivity index (χ0v) is 16.9. The van der Waals surface area contributed by atoms with Crippen LogP contribution in [-0.4, -0.2) is 24.1 Å². The third-order valence-electron chi connectivity index (χ3n) is 4.21. The van der Waals surface area contributed by atoms with Crippen molar-refractivity contribution in [3.8, 4) is 23.0 Å². The Morgan fingerprint density at radius 3 is 2.66 bits per heavy atom. The highest BCUT2D eigenvalue weighted by Crippen LogP contribution is 2.34. The van der Waals surface area contributed by atoms with Crippen molar-refractivity contribution in [2.45, 2.75) is 13.8 Å². The van der Waals surface area contributed by atoms with Crippen LogP contribution in [0.5, 0.6) is 11.5 Å². The Balaban J connectivity index is 1.51. The SMILES string of the molecule is CCOc1ccc(C(=O)Nc2nc(-c3cc4cccc(OCC)c4o3)cs2)cc1. The Bertz CT molecular complexity index is 1130. The summed E-state index contributed by atoms with van der Waals surface area (Å²) in [6, 6.07) is 14.7. The number of carbonyl (C=O) groups excluding carboxylic acids is 1. The Hall–Kier alpha value is -3.32. The molecular formula is C22H20N2O4S. The molecule has 7 heteroatoms. The van der Waals surface area contributed by atoms with E-state index in [1.807, 2.05) is 43.5 Å². The van der Waals surface area contributed by atoms with Gasteiger partial charge in [0.15, 0.2) is 22.2 Å². The van der Waals surface area contributed by atoms with Gasteiger partial charge >= 0.3 is 0 Å². The van der Waals surface area contributed by atoms with Crippen LogP contribution in [0.4, 0.5) is 5.13 Å². The van der Waals surface area contributed by atoms with Gasteiger partial charge in [-0.25, -0.2) is 4.98 Å². The molecule has 4 rings (SSSR count). The minimum atomic E-state index is -0.225. The number of rotatable bonds is 7. The number of anilines is 1. The molecule has 0 aliphatic carbocycles. The fourth-order valence-electron chi connectivity index (χ4n) is 2.91. The van der Waals surface area contributed by atoms with Crippen molar-refractivity contribution in [2.24, 2.45) is 0 Å². The summed E-state index contributed by atoms with van der Waals surface area (Å²) < 4.78 is 17.0.